The number of aryl methyl sites for hydroxylation is 1. The van der Waals surface area contributed by atoms with E-state index < -0.39 is 19.7 Å². The van der Waals surface area contributed by atoms with Gasteiger partial charge in [0.15, 0.2) is 9.84 Å². The van der Waals surface area contributed by atoms with Crippen LogP contribution in [-0.4, -0.2) is 34.6 Å². The molecule has 1 aromatic carbocycles. The molecule has 0 aliphatic rings. The van der Waals surface area contributed by atoms with Crippen molar-refractivity contribution in [2.75, 3.05) is 17.8 Å². The van der Waals surface area contributed by atoms with Crippen LogP contribution in [0.15, 0.2) is 29.2 Å². The molecule has 0 spiro atoms. The average Bonchev–Trinajstić information content (AvgIpc) is 2.15. The van der Waals surface area contributed by atoms with Gasteiger partial charge in [-0.2, -0.15) is 0 Å². The van der Waals surface area contributed by atoms with Crippen molar-refractivity contribution >= 4 is 19.7 Å². The number of benzene rings is 1. The highest BCUT2D eigenvalue weighted by Gasteiger charge is 2.16. The maximum Gasteiger partial charge on any atom is 0.179 e. The molecule has 0 heterocycles. The Kier molecular flexibility index (Phi) is 3.75. The van der Waals surface area contributed by atoms with Crippen molar-refractivity contribution in [3.63, 3.8) is 0 Å². The fourth-order valence-electron chi connectivity index (χ4n) is 1.12. The molecule has 4 nitrogen and oxygen atoms in total. The summed E-state index contributed by atoms with van der Waals surface area (Å²) in [5, 5.41) is 0. The lowest BCUT2D eigenvalue weighted by molar-refractivity contribution is 0.590. The zero-order valence-corrected chi connectivity index (χ0v) is 10.8. The Labute approximate surface area is 96.1 Å². The second kappa shape index (κ2) is 4.55. The Morgan fingerprint density at radius 3 is 1.88 bits per heavy atom. The number of hydrogen-bond donors (Lipinski definition) is 0. The maximum atomic E-state index is 11.7. The second-order valence-corrected chi connectivity index (χ2v) is 8.13. The van der Waals surface area contributed by atoms with E-state index in [0.717, 1.165) is 11.8 Å². The van der Waals surface area contributed by atoms with Gasteiger partial charge in [-0.1, -0.05) is 17.7 Å². The summed E-state index contributed by atoms with van der Waals surface area (Å²) in [7, 11) is -6.74. The molecule has 0 atom stereocenters. The van der Waals surface area contributed by atoms with Gasteiger partial charge in [0.05, 0.1) is 16.4 Å². The van der Waals surface area contributed by atoms with Crippen LogP contribution in [0.1, 0.15) is 5.56 Å². The van der Waals surface area contributed by atoms with Gasteiger partial charge in [0.1, 0.15) is 9.84 Å². The third-order valence-electron chi connectivity index (χ3n) is 2.10. The lowest BCUT2D eigenvalue weighted by Crippen LogP contribution is -2.16. The first-order chi connectivity index (χ1) is 7.21. The highest BCUT2D eigenvalue weighted by molar-refractivity contribution is 7.94. The summed E-state index contributed by atoms with van der Waals surface area (Å²) in [5.74, 6) is -0.710. The molecule has 0 fully saturated rings. The van der Waals surface area contributed by atoms with Crippen LogP contribution < -0.4 is 0 Å². The average molecular weight is 262 g/mol. The predicted octanol–water partition coefficient (Wildman–Crippen LogP) is 0.813. The molecule has 0 amide bonds. The summed E-state index contributed by atoms with van der Waals surface area (Å²) in [5.41, 5.74) is 0.960. The van der Waals surface area contributed by atoms with Gasteiger partial charge >= 0.3 is 0 Å². The molecule has 0 N–H and O–H groups in total. The van der Waals surface area contributed by atoms with Crippen LogP contribution in [0.2, 0.25) is 0 Å². The van der Waals surface area contributed by atoms with Crippen molar-refractivity contribution in [1.82, 2.24) is 0 Å². The topological polar surface area (TPSA) is 68.3 Å². The van der Waals surface area contributed by atoms with Gasteiger partial charge < -0.3 is 0 Å². The third kappa shape index (κ3) is 3.94. The first-order valence-electron chi connectivity index (χ1n) is 4.68. The SMILES string of the molecule is Cc1ccc(S(=O)(=O)CCS(C)(=O)=O)cc1. The molecule has 0 saturated heterocycles. The largest absolute Gasteiger partial charge is 0.229 e. The Bertz CT molecular complexity index is 553. The molecule has 0 radical (unpaired) electrons. The number of hydrogen-bond acceptors (Lipinski definition) is 4. The van der Waals surface area contributed by atoms with Gasteiger partial charge in [-0.3, -0.25) is 0 Å². The van der Waals surface area contributed by atoms with E-state index in [9.17, 15) is 16.8 Å². The van der Waals surface area contributed by atoms with E-state index >= 15 is 0 Å². The quantitative estimate of drug-likeness (QED) is 0.805. The maximum absolute atomic E-state index is 11.7. The molecule has 0 unspecified atom stereocenters. The van der Waals surface area contributed by atoms with Crippen molar-refractivity contribution < 1.29 is 16.8 Å². The molecule has 0 aromatic heterocycles. The van der Waals surface area contributed by atoms with Gasteiger partial charge in [0, 0.05) is 6.26 Å². The van der Waals surface area contributed by atoms with Crippen LogP contribution in [0, 0.1) is 6.92 Å². The molecule has 0 saturated carbocycles. The van der Waals surface area contributed by atoms with Gasteiger partial charge in [-0.15, -0.1) is 0 Å². The van der Waals surface area contributed by atoms with Crippen molar-refractivity contribution in [2.24, 2.45) is 0 Å². The fraction of sp³-hybridized carbons (Fsp3) is 0.400. The standard InChI is InChI=1S/C10H14O4S2/c1-9-3-5-10(6-4-9)16(13,14)8-7-15(2,11)12/h3-6H,7-8H2,1-2H3. The normalized spacial score (nSPS) is 12.6. The zero-order valence-electron chi connectivity index (χ0n) is 9.17. The number of sulfone groups is 2. The zero-order chi connectivity index (χ0) is 12.4. The van der Waals surface area contributed by atoms with Gasteiger partial charge in [0.2, 0.25) is 0 Å². The van der Waals surface area contributed by atoms with Crippen LogP contribution in [0.4, 0.5) is 0 Å². The third-order valence-corrected chi connectivity index (χ3v) is 5.04. The summed E-state index contributed by atoms with van der Waals surface area (Å²) >= 11 is 0. The Morgan fingerprint density at radius 2 is 1.44 bits per heavy atom. The molecular weight excluding hydrogens is 248 g/mol. The van der Waals surface area contributed by atoms with Gasteiger partial charge in [0.25, 0.3) is 0 Å². The first-order valence-corrected chi connectivity index (χ1v) is 8.39. The molecular formula is C10H14O4S2. The number of rotatable bonds is 4. The van der Waals surface area contributed by atoms with Crippen molar-refractivity contribution in [3.05, 3.63) is 29.8 Å². The smallest absolute Gasteiger partial charge is 0.179 e. The Hall–Kier alpha value is -0.880. The van der Waals surface area contributed by atoms with Crippen LogP contribution in [0.3, 0.4) is 0 Å². The summed E-state index contributed by atoms with van der Waals surface area (Å²) in [4.78, 5) is 0.168. The summed E-state index contributed by atoms with van der Waals surface area (Å²) in [6, 6.07) is 6.36. The van der Waals surface area contributed by atoms with Crippen LogP contribution >= 0.6 is 0 Å². The van der Waals surface area contributed by atoms with E-state index in [4.69, 9.17) is 0 Å². The summed E-state index contributed by atoms with van der Waals surface area (Å²) < 4.78 is 45.2. The molecule has 6 heteroatoms. The molecule has 1 rings (SSSR count). The molecule has 1 aromatic rings. The van der Waals surface area contributed by atoms with Gasteiger partial charge in [-0.25, -0.2) is 16.8 Å². The summed E-state index contributed by atoms with van der Waals surface area (Å²) in [6.45, 7) is 1.85. The van der Waals surface area contributed by atoms with E-state index in [1.807, 2.05) is 6.92 Å². The summed E-state index contributed by atoms with van der Waals surface area (Å²) in [6.07, 6.45) is 1.03. The van der Waals surface area contributed by atoms with Crippen molar-refractivity contribution in [1.29, 1.82) is 0 Å². The first kappa shape index (κ1) is 13.2. The molecule has 0 aliphatic carbocycles. The Morgan fingerprint density at radius 1 is 0.938 bits per heavy atom. The highest BCUT2D eigenvalue weighted by Crippen LogP contribution is 2.12. The van der Waals surface area contributed by atoms with Crippen LogP contribution in [-0.2, 0) is 19.7 Å². The van der Waals surface area contributed by atoms with Crippen molar-refractivity contribution in [3.8, 4) is 0 Å². The van der Waals surface area contributed by atoms with E-state index in [-0.39, 0.29) is 16.4 Å². The van der Waals surface area contributed by atoms with E-state index in [1.54, 1.807) is 12.1 Å². The van der Waals surface area contributed by atoms with Crippen LogP contribution in [0.25, 0.3) is 0 Å². The predicted molar refractivity (Wildman–Crippen MR) is 62.9 cm³/mol. The minimum absolute atomic E-state index is 0.168. The second-order valence-electron chi connectivity index (χ2n) is 3.76. The van der Waals surface area contributed by atoms with Crippen molar-refractivity contribution in [2.45, 2.75) is 11.8 Å². The van der Waals surface area contributed by atoms with E-state index in [2.05, 4.69) is 0 Å². The van der Waals surface area contributed by atoms with E-state index in [0.29, 0.717) is 0 Å². The molecule has 16 heavy (non-hydrogen) atoms. The van der Waals surface area contributed by atoms with E-state index in [1.165, 1.54) is 12.1 Å². The Balaban J connectivity index is 2.91. The highest BCUT2D eigenvalue weighted by atomic mass is 32.2. The van der Waals surface area contributed by atoms with Gasteiger partial charge in [-0.05, 0) is 19.1 Å². The minimum atomic E-state index is -3.49. The minimum Gasteiger partial charge on any atom is -0.229 e. The molecule has 0 bridgehead atoms. The lowest BCUT2D eigenvalue weighted by Gasteiger charge is -2.03. The molecule has 0 aliphatic heterocycles. The molecule has 90 valence electrons. The van der Waals surface area contributed by atoms with Crippen LogP contribution in [0.5, 0.6) is 0 Å². The lowest BCUT2D eigenvalue weighted by atomic mass is 10.2. The fourth-order valence-corrected chi connectivity index (χ4v) is 4.00. The monoisotopic (exact) mass is 262 g/mol.